The highest BCUT2D eigenvalue weighted by atomic mass is 32.1. The van der Waals surface area contributed by atoms with Crippen LogP contribution in [0.5, 0.6) is 0 Å². The molecule has 0 N–H and O–H groups in total. The monoisotopic (exact) mass is 616 g/mol. The number of aromatic nitrogens is 4. The fraction of sp³-hybridized carbons (Fsp3) is 0. The van der Waals surface area contributed by atoms with Crippen molar-refractivity contribution >= 4 is 75.3 Å². The van der Waals surface area contributed by atoms with E-state index < -0.39 is 178 Å². The van der Waals surface area contributed by atoms with Crippen LogP contribution in [-0.2, 0) is 0 Å². The van der Waals surface area contributed by atoms with E-state index >= 15 is 0 Å². The molecule has 0 spiro atoms. The maximum atomic E-state index is 9.38. The molecule has 0 bridgehead atoms. The van der Waals surface area contributed by atoms with Crippen molar-refractivity contribution in [1.29, 1.82) is 0 Å². The average molecular weight is 617 g/mol. The summed E-state index contributed by atoms with van der Waals surface area (Å²) < 4.78 is 199. The molecule has 0 atom stereocenters. The first-order chi connectivity index (χ1) is 31.5. The van der Waals surface area contributed by atoms with Crippen LogP contribution in [0.15, 0.2) is 137 Å². The zero-order chi connectivity index (χ0) is 48.6. The van der Waals surface area contributed by atoms with Gasteiger partial charge in [0.1, 0.15) is 11.2 Å². The summed E-state index contributed by atoms with van der Waals surface area (Å²) in [6.07, 6.45) is 0. The summed E-state index contributed by atoms with van der Waals surface area (Å²) in [5.41, 5.74) is -2.89. The van der Waals surface area contributed by atoms with Crippen molar-refractivity contribution in [1.82, 2.24) is 19.5 Å². The van der Waals surface area contributed by atoms with E-state index in [0.29, 0.717) is 0 Å². The molecular formula is C39H22N4OS. The summed E-state index contributed by atoms with van der Waals surface area (Å²) >= 11 is 0.741. The van der Waals surface area contributed by atoms with Crippen molar-refractivity contribution in [2.75, 3.05) is 0 Å². The Hall–Kier alpha value is -5.85. The first-order valence-electron chi connectivity index (χ1n) is 24.1. The van der Waals surface area contributed by atoms with Crippen molar-refractivity contribution in [3.63, 3.8) is 0 Å². The van der Waals surface area contributed by atoms with Crippen LogP contribution < -0.4 is 0 Å². The zero-order valence-electron chi connectivity index (χ0n) is 44.1. The molecule has 0 saturated heterocycles. The lowest BCUT2D eigenvalue weighted by Crippen LogP contribution is -2.06. The fourth-order valence-electron chi connectivity index (χ4n) is 5.22. The molecule has 5 nitrogen and oxygen atoms in total. The van der Waals surface area contributed by atoms with Crippen molar-refractivity contribution in [2.45, 2.75) is 0 Å². The number of thiophene rings is 1. The molecule has 0 aliphatic heterocycles. The number of rotatable bonds is 3. The maximum absolute atomic E-state index is 9.38. The first-order valence-corrected chi connectivity index (χ1v) is 13.9. The van der Waals surface area contributed by atoms with E-state index in [1.165, 1.54) is 0 Å². The lowest BCUT2D eigenvalue weighted by atomic mass is 10.1. The predicted molar refractivity (Wildman–Crippen MR) is 185 cm³/mol. The van der Waals surface area contributed by atoms with Gasteiger partial charge in [0.15, 0.2) is 11.6 Å². The Morgan fingerprint density at radius 1 is 0.533 bits per heavy atom. The van der Waals surface area contributed by atoms with Crippen molar-refractivity contribution in [2.24, 2.45) is 0 Å². The van der Waals surface area contributed by atoms with E-state index in [0.717, 1.165) is 15.9 Å². The Morgan fingerprint density at radius 3 is 2.09 bits per heavy atom. The van der Waals surface area contributed by atoms with E-state index in [1.54, 1.807) is 0 Å². The molecule has 0 radical (unpaired) electrons. The maximum Gasteiger partial charge on any atom is 0.238 e. The van der Waals surface area contributed by atoms with Gasteiger partial charge in [-0.25, -0.2) is 4.98 Å². The average Bonchev–Trinajstić information content (AvgIpc) is 4.02. The number of hydrogen-bond acceptors (Lipinski definition) is 5. The van der Waals surface area contributed by atoms with Crippen molar-refractivity contribution in [3.8, 4) is 28.7 Å². The Bertz CT molecular complexity index is 4000. The highest BCUT2D eigenvalue weighted by molar-refractivity contribution is 7.26. The van der Waals surface area contributed by atoms with Crippen LogP contribution in [0, 0.1) is 0 Å². The van der Waals surface area contributed by atoms with Gasteiger partial charge < -0.3 is 4.42 Å². The summed E-state index contributed by atoms with van der Waals surface area (Å²) in [5, 5.41) is -1.59. The normalized spacial score (nSPS) is 18.8. The van der Waals surface area contributed by atoms with Gasteiger partial charge in [-0.15, -0.1) is 11.3 Å². The molecule has 0 aliphatic carbocycles. The molecule has 0 amide bonds. The molecule has 0 aliphatic rings. The second-order valence-electron chi connectivity index (χ2n) is 9.59. The highest BCUT2D eigenvalue weighted by Crippen LogP contribution is 2.43. The van der Waals surface area contributed by atoms with Crippen molar-refractivity contribution < 1.29 is 34.6 Å². The second-order valence-corrected chi connectivity index (χ2v) is 10.6. The summed E-state index contributed by atoms with van der Waals surface area (Å²) in [6.45, 7) is 0. The Kier molecular flexibility index (Phi) is 2.40. The molecule has 4 aromatic heterocycles. The predicted octanol–water partition coefficient (Wildman–Crippen LogP) is 10.6. The zero-order valence-corrected chi connectivity index (χ0v) is 22.9. The van der Waals surface area contributed by atoms with Gasteiger partial charge in [-0.05, 0) is 30.2 Å². The van der Waals surface area contributed by atoms with Gasteiger partial charge in [0, 0.05) is 48.1 Å². The molecule has 0 saturated carbocycles. The minimum absolute atomic E-state index is 0.0446. The van der Waals surface area contributed by atoms with Gasteiger partial charge in [-0.3, -0.25) is 4.57 Å². The van der Waals surface area contributed by atoms with Crippen LogP contribution in [0.1, 0.15) is 30.2 Å². The smallest absolute Gasteiger partial charge is 0.238 e. The Balaban J connectivity index is 1.46. The molecule has 210 valence electrons. The molecule has 0 fully saturated rings. The number of furan rings is 1. The number of hydrogen-bond donors (Lipinski definition) is 0. The minimum atomic E-state index is -0.838. The summed E-state index contributed by atoms with van der Waals surface area (Å²) in [6, 6.07) is -15.6. The van der Waals surface area contributed by atoms with Gasteiger partial charge in [0.05, 0.1) is 45.9 Å². The number of benzene rings is 6. The van der Waals surface area contributed by atoms with E-state index in [-0.39, 0.29) is 47.2 Å². The number of nitrogens with zero attached hydrogens (tertiary/aromatic N) is 4. The third-order valence-electron chi connectivity index (χ3n) is 7.12. The fourth-order valence-corrected chi connectivity index (χ4v) is 6.33. The SMILES string of the molecule is [2H]c1c([2H])c([2H])c(-c2nc(-c3c([2H])c([2H])c4c(oc5c([2H])c([2H])c([2H])c([2H])c54)c3[2H])nc(-n3c4c([2H])c([2H])c([2H])c([2H])c4c4c([2H])c([2H])c5c(sc6c([2H])c([2H])c([2H])c([2H])c65)c43)n2)c([2H])c1[2H]. The standard InChI is InChI=1S/C39H22N4OS/c1-2-10-23(11-3-1)37-40-38(24-18-19-27-26-13-5-8-16-32(26)44-33(27)22-24)42-39(41-37)43-31-15-7-4-12-25(31)29-20-21-30-28-14-6-9-17-34(28)45-36(30)35(29)43/h1-22H/i1D,2D,3D,4D,5D,6D,7D,8D,9D,10D,11D,12D,13D,14D,15D,16D,17D,18D,19D,20D,21D,22D. The molecule has 6 heteroatoms. The topological polar surface area (TPSA) is 56.7 Å². The third kappa shape index (κ3) is 3.63. The van der Waals surface area contributed by atoms with Crippen LogP contribution in [0.25, 0.3) is 92.6 Å². The molecule has 0 unspecified atom stereocenters. The van der Waals surface area contributed by atoms with Crippen molar-refractivity contribution in [3.05, 3.63) is 133 Å². The Morgan fingerprint density at radius 2 is 1.20 bits per heavy atom. The molecule has 4 heterocycles. The highest BCUT2D eigenvalue weighted by Gasteiger charge is 2.21. The Labute approximate surface area is 291 Å². The van der Waals surface area contributed by atoms with Gasteiger partial charge in [-0.2, -0.15) is 9.97 Å². The molecule has 10 aromatic rings. The molecule has 6 aromatic carbocycles. The van der Waals surface area contributed by atoms with Crippen LogP contribution in [0.4, 0.5) is 0 Å². The van der Waals surface area contributed by atoms with E-state index in [1.807, 2.05) is 0 Å². The quantitative estimate of drug-likeness (QED) is 0.198. The van der Waals surface area contributed by atoms with Crippen LogP contribution in [0.2, 0.25) is 0 Å². The summed E-state index contributed by atoms with van der Waals surface area (Å²) in [5.74, 6) is -2.14. The van der Waals surface area contributed by atoms with Gasteiger partial charge in [0.2, 0.25) is 5.95 Å². The first kappa shape index (κ1) is 11.6. The van der Waals surface area contributed by atoms with E-state index in [9.17, 15) is 6.85 Å². The molecular weight excluding hydrogens is 573 g/mol. The van der Waals surface area contributed by atoms with Gasteiger partial charge in [-0.1, -0.05) is 103 Å². The van der Waals surface area contributed by atoms with Gasteiger partial charge in [0.25, 0.3) is 0 Å². The number of para-hydroxylation sites is 2. The largest absolute Gasteiger partial charge is 0.456 e. The van der Waals surface area contributed by atoms with Gasteiger partial charge >= 0.3 is 0 Å². The second kappa shape index (κ2) is 9.32. The summed E-state index contributed by atoms with van der Waals surface area (Å²) in [4.78, 5) is 13.5. The lowest BCUT2D eigenvalue weighted by molar-refractivity contribution is 0.669. The molecule has 45 heavy (non-hydrogen) atoms. The third-order valence-corrected chi connectivity index (χ3v) is 8.23. The summed E-state index contributed by atoms with van der Waals surface area (Å²) in [7, 11) is 0. The van der Waals surface area contributed by atoms with E-state index in [4.69, 9.17) is 27.7 Å². The van der Waals surface area contributed by atoms with Crippen LogP contribution in [0.3, 0.4) is 0 Å². The minimum Gasteiger partial charge on any atom is -0.456 e. The molecule has 10 rings (SSSR count). The van der Waals surface area contributed by atoms with E-state index in [2.05, 4.69) is 15.0 Å². The van der Waals surface area contributed by atoms with Crippen LogP contribution in [-0.4, -0.2) is 19.5 Å². The van der Waals surface area contributed by atoms with Crippen LogP contribution >= 0.6 is 11.3 Å². The number of fused-ring (bicyclic) bond motifs is 10. The lowest BCUT2D eigenvalue weighted by Gasteiger charge is -2.11.